The molecule has 2 aromatic carbocycles. The second-order valence-electron chi connectivity index (χ2n) is 5.96. The summed E-state index contributed by atoms with van der Waals surface area (Å²) < 4.78 is 36.6. The lowest BCUT2D eigenvalue weighted by molar-refractivity contribution is -0.116. The van der Waals surface area contributed by atoms with Gasteiger partial charge in [-0.3, -0.25) is 9.59 Å². The van der Waals surface area contributed by atoms with Crippen LogP contribution in [0.5, 0.6) is 11.5 Å². The monoisotopic (exact) mass is 406 g/mol. The summed E-state index contributed by atoms with van der Waals surface area (Å²) >= 11 is 0. The largest absolute Gasteiger partial charge is 0.493 e. The van der Waals surface area contributed by atoms with Crippen molar-refractivity contribution < 1.29 is 27.5 Å². The van der Waals surface area contributed by atoms with Gasteiger partial charge in [-0.25, -0.2) is 8.42 Å². The summed E-state index contributed by atoms with van der Waals surface area (Å²) in [4.78, 5) is 23.7. The lowest BCUT2D eigenvalue weighted by Crippen LogP contribution is -2.35. The lowest BCUT2D eigenvalue weighted by atomic mass is 10.1. The van der Waals surface area contributed by atoms with Gasteiger partial charge < -0.3 is 14.8 Å². The van der Waals surface area contributed by atoms with Crippen LogP contribution >= 0.6 is 0 Å². The third-order valence-electron chi connectivity index (χ3n) is 3.98. The van der Waals surface area contributed by atoms with E-state index in [-0.39, 0.29) is 16.4 Å². The summed E-state index contributed by atoms with van der Waals surface area (Å²) in [7, 11) is 0.232. The number of rotatable bonds is 8. The van der Waals surface area contributed by atoms with Crippen LogP contribution in [-0.4, -0.2) is 52.2 Å². The molecule has 0 saturated carbocycles. The van der Waals surface area contributed by atoms with Crippen LogP contribution < -0.4 is 14.8 Å². The van der Waals surface area contributed by atoms with Crippen molar-refractivity contribution in [3.63, 3.8) is 0 Å². The summed E-state index contributed by atoms with van der Waals surface area (Å²) in [5.74, 6) is -0.00817. The maximum atomic E-state index is 12.7. The Bertz CT molecular complexity index is 988. The van der Waals surface area contributed by atoms with Gasteiger partial charge in [0.15, 0.2) is 17.3 Å². The number of carbonyl (C=O) groups excluding carboxylic acids is 2. The molecule has 28 heavy (non-hydrogen) atoms. The highest BCUT2D eigenvalue weighted by Gasteiger charge is 2.24. The van der Waals surface area contributed by atoms with Crippen molar-refractivity contribution in [2.24, 2.45) is 0 Å². The van der Waals surface area contributed by atoms with E-state index >= 15 is 0 Å². The van der Waals surface area contributed by atoms with Gasteiger partial charge in [-0.1, -0.05) is 12.1 Å². The van der Waals surface area contributed by atoms with Gasteiger partial charge in [-0.2, -0.15) is 4.31 Å². The van der Waals surface area contributed by atoms with E-state index in [1.165, 1.54) is 52.5 Å². The Morgan fingerprint density at radius 1 is 1.04 bits per heavy atom. The van der Waals surface area contributed by atoms with Gasteiger partial charge in [-0.05, 0) is 31.2 Å². The van der Waals surface area contributed by atoms with Crippen molar-refractivity contribution in [3.8, 4) is 11.5 Å². The van der Waals surface area contributed by atoms with Crippen molar-refractivity contribution in [1.82, 2.24) is 4.31 Å². The zero-order valence-electron chi connectivity index (χ0n) is 16.1. The molecule has 0 heterocycles. The molecule has 0 aliphatic carbocycles. The highest BCUT2D eigenvalue weighted by molar-refractivity contribution is 7.89. The van der Waals surface area contributed by atoms with Crippen molar-refractivity contribution in [2.75, 3.05) is 33.1 Å². The third kappa shape index (κ3) is 4.87. The normalized spacial score (nSPS) is 11.2. The molecule has 150 valence electrons. The highest BCUT2D eigenvalue weighted by Crippen LogP contribution is 2.30. The van der Waals surface area contributed by atoms with Crippen molar-refractivity contribution in [3.05, 3.63) is 48.0 Å². The van der Waals surface area contributed by atoms with Gasteiger partial charge in [0.1, 0.15) is 0 Å². The number of benzene rings is 2. The quantitative estimate of drug-likeness (QED) is 0.674. The maximum Gasteiger partial charge on any atom is 0.243 e. The van der Waals surface area contributed by atoms with Gasteiger partial charge in [0.2, 0.25) is 15.9 Å². The summed E-state index contributed by atoms with van der Waals surface area (Å²) in [5.41, 5.74) is 0.860. The smallest absolute Gasteiger partial charge is 0.243 e. The van der Waals surface area contributed by atoms with E-state index < -0.39 is 22.5 Å². The average Bonchev–Trinajstić information content (AvgIpc) is 2.67. The minimum absolute atomic E-state index is 0.0287. The number of nitrogens with zero attached hydrogens (tertiary/aromatic N) is 1. The molecule has 1 N–H and O–H groups in total. The minimum Gasteiger partial charge on any atom is -0.493 e. The summed E-state index contributed by atoms with van der Waals surface area (Å²) in [5, 5.41) is 2.59. The second kappa shape index (κ2) is 8.85. The Hall–Kier alpha value is -2.91. The molecule has 0 aliphatic rings. The van der Waals surface area contributed by atoms with E-state index in [1.54, 1.807) is 18.2 Å². The average molecular weight is 406 g/mol. The van der Waals surface area contributed by atoms with Crippen LogP contribution in [0.4, 0.5) is 5.69 Å². The summed E-state index contributed by atoms with van der Waals surface area (Å²) in [6, 6.07) is 10.6. The first-order chi connectivity index (χ1) is 13.2. The van der Waals surface area contributed by atoms with Crippen molar-refractivity contribution in [2.45, 2.75) is 11.8 Å². The Morgan fingerprint density at radius 3 is 2.32 bits per heavy atom. The van der Waals surface area contributed by atoms with Crippen LogP contribution in [0.2, 0.25) is 0 Å². The van der Waals surface area contributed by atoms with Crippen LogP contribution in [0.25, 0.3) is 0 Å². The number of methoxy groups -OCH3 is 2. The molecule has 2 aromatic rings. The molecule has 0 atom stereocenters. The molecule has 8 nitrogen and oxygen atoms in total. The zero-order valence-corrected chi connectivity index (χ0v) is 16.9. The van der Waals surface area contributed by atoms with E-state index in [4.69, 9.17) is 9.47 Å². The van der Waals surface area contributed by atoms with Crippen LogP contribution in [0.3, 0.4) is 0 Å². The van der Waals surface area contributed by atoms with Crippen LogP contribution in [0.15, 0.2) is 47.4 Å². The first-order valence-corrected chi connectivity index (χ1v) is 9.72. The predicted molar refractivity (Wildman–Crippen MR) is 104 cm³/mol. The summed E-state index contributed by atoms with van der Waals surface area (Å²) in [6.45, 7) is 1.02. The summed E-state index contributed by atoms with van der Waals surface area (Å²) in [6.07, 6.45) is 0. The number of hydrogen-bond donors (Lipinski definition) is 1. The number of ketones is 1. The SMILES string of the molecule is COc1ccc(S(=O)(=O)N(C)CC(=O)Nc2cccc(C(C)=O)c2)cc1OC. The lowest BCUT2D eigenvalue weighted by Gasteiger charge is -2.18. The number of likely N-dealkylation sites (N-methyl/N-ethyl adjacent to an activating group) is 1. The van der Waals surface area contributed by atoms with Gasteiger partial charge in [0.25, 0.3) is 0 Å². The number of anilines is 1. The van der Waals surface area contributed by atoms with Crippen molar-refractivity contribution >= 4 is 27.4 Å². The number of sulfonamides is 1. The molecule has 0 saturated heterocycles. The fraction of sp³-hybridized carbons (Fsp3) is 0.263. The molecule has 0 spiro atoms. The van der Waals surface area contributed by atoms with E-state index in [2.05, 4.69) is 5.32 Å². The van der Waals surface area contributed by atoms with Crippen LogP contribution in [0, 0.1) is 0 Å². The molecular weight excluding hydrogens is 384 g/mol. The number of carbonyl (C=O) groups is 2. The molecule has 0 bridgehead atoms. The Labute approximate surface area is 164 Å². The molecule has 9 heteroatoms. The number of hydrogen-bond acceptors (Lipinski definition) is 6. The van der Waals surface area contributed by atoms with E-state index in [9.17, 15) is 18.0 Å². The predicted octanol–water partition coefficient (Wildman–Crippen LogP) is 2.17. The number of nitrogens with one attached hydrogen (secondary N) is 1. The molecule has 0 aromatic heterocycles. The van der Waals surface area contributed by atoms with E-state index in [0.29, 0.717) is 17.0 Å². The Kier molecular flexibility index (Phi) is 6.76. The molecule has 2 rings (SSSR count). The number of amides is 1. The van der Waals surface area contributed by atoms with E-state index in [0.717, 1.165) is 4.31 Å². The Morgan fingerprint density at radius 2 is 1.71 bits per heavy atom. The van der Waals surface area contributed by atoms with Crippen LogP contribution in [-0.2, 0) is 14.8 Å². The number of ether oxygens (including phenoxy) is 2. The first-order valence-electron chi connectivity index (χ1n) is 8.28. The molecule has 0 aliphatic heterocycles. The first kappa shape index (κ1) is 21.4. The second-order valence-corrected chi connectivity index (χ2v) is 8.01. The molecular formula is C19H22N2O6S. The van der Waals surface area contributed by atoms with Crippen LogP contribution in [0.1, 0.15) is 17.3 Å². The molecule has 0 radical (unpaired) electrons. The standard InChI is InChI=1S/C19H22N2O6S/c1-13(22)14-6-5-7-15(10-14)20-19(23)12-21(2)28(24,25)16-8-9-17(26-3)18(11-16)27-4/h5-11H,12H2,1-4H3,(H,20,23). The highest BCUT2D eigenvalue weighted by atomic mass is 32.2. The van der Waals surface area contributed by atoms with Gasteiger partial charge in [0.05, 0.1) is 25.7 Å². The van der Waals surface area contributed by atoms with Gasteiger partial charge >= 0.3 is 0 Å². The zero-order chi connectivity index (χ0) is 20.9. The maximum absolute atomic E-state index is 12.7. The Balaban J connectivity index is 2.14. The molecule has 1 amide bonds. The minimum atomic E-state index is -3.92. The fourth-order valence-corrected chi connectivity index (χ4v) is 3.60. The van der Waals surface area contributed by atoms with E-state index in [1.807, 2.05) is 0 Å². The number of Topliss-reactive ketones (excluding diaryl/α,β-unsaturated/α-hetero) is 1. The van der Waals surface area contributed by atoms with Gasteiger partial charge in [-0.15, -0.1) is 0 Å². The molecule has 0 unspecified atom stereocenters. The molecule has 0 fully saturated rings. The van der Waals surface area contributed by atoms with Gasteiger partial charge in [0, 0.05) is 24.4 Å². The van der Waals surface area contributed by atoms with Crippen molar-refractivity contribution in [1.29, 1.82) is 0 Å². The topological polar surface area (TPSA) is 102 Å². The fourth-order valence-electron chi connectivity index (χ4n) is 2.46. The third-order valence-corrected chi connectivity index (χ3v) is 5.78.